The third kappa shape index (κ3) is 5.40. The van der Waals surface area contributed by atoms with Gasteiger partial charge in [-0.2, -0.15) is 0 Å². The Morgan fingerprint density at radius 2 is 1.89 bits per heavy atom. The smallest absolute Gasteiger partial charge is 0.134 e. The number of ether oxygens (including phenoxy) is 1. The molecule has 1 heterocycles. The largest absolute Gasteiger partial charge is 0.383 e. The van der Waals surface area contributed by atoms with Crippen LogP contribution in [-0.2, 0) is 4.74 Å². The molecule has 0 amide bonds. The standard InChI is InChI=1S/C13H25N5O/c1-5-14-12-11(2)13(17-10-16-12)15-6-7-18(3)8-9-19-4/h10H,5-9H2,1-4H3,(H2,14,15,16,17). The Hall–Kier alpha value is -1.40. The topological polar surface area (TPSA) is 62.3 Å². The molecular weight excluding hydrogens is 242 g/mol. The average molecular weight is 267 g/mol. The molecule has 0 aliphatic rings. The molecule has 2 N–H and O–H groups in total. The first-order chi connectivity index (χ1) is 9.19. The van der Waals surface area contributed by atoms with Crippen molar-refractivity contribution in [2.45, 2.75) is 13.8 Å². The van der Waals surface area contributed by atoms with Crippen LogP contribution in [0.1, 0.15) is 12.5 Å². The Kier molecular flexibility index (Phi) is 7.14. The summed E-state index contributed by atoms with van der Waals surface area (Å²) >= 11 is 0. The Morgan fingerprint density at radius 3 is 2.53 bits per heavy atom. The van der Waals surface area contributed by atoms with Crippen molar-refractivity contribution in [3.8, 4) is 0 Å². The first kappa shape index (κ1) is 15.7. The maximum absolute atomic E-state index is 5.05. The zero-order valence-electron chi connectivity index (χ0n) is 12.4. The summed E-state index contributed by atoms with van der Waals surface area (Å²) in [4.78, 5) is 10.7. The molecule has 0 saturated carbocycles. The van der Waals surface area contributed by atoms with E-state index >= 15 is 0 Å². The fraction of sp³-hybridized carbons (Fsp3) is 0.692. The van der Waals surface area contributed by atoms with E-state index in [0.29, 0.717) is 0 Å². The second-order valence-corrected chi connectivity index (χ2v) is 4.45. The van der Waals surface area contributed by atoms with Crippen molar-refractivity contribution < 1.29 is 4.74 Å². The number of nitrogens with zero attached hydrogens (tertiary/aromatic N) is 3. The van der Waals surface area contributed by atoms with Gasteiger partial charge in [0, 0.05) is 38.9 Å². The fourth-order valence-corrected chi connectivity index (χ4v) is 1.70. The van der Waals surface area contributed by atoms with Gasteiger partial charge in [0.25, 0.3) is 0 Å². The van der Waals surface area contributed by atoms with Crippen LogP contribution in [0.15, 0.2) is 6.33 Å². The molecule has 1 aromatic rings. The highest BCUT2D eigenvalue weighted by molar-refractivity contribution is 5.56. The van der Waals surface area contributed by atoms with Gasteiger partial charge in [0.15, 0.2) is 0 Å². The summed E-state index contributed by atoms with van der Waals surface area (Å²) in [6, 6.07) is 0. The van der Waals surface area contributed by atoms with Gasteiger partial charge in [0.2, 0.25) is 0 Å². The molecule has 0 fully saturated rings. The molecule has 0 radical (unpaired) electrons. The molecule has 6 nitrogen and oxygen atoms in total. The third-order valence-corrected chi connectivity index (χ3v) is 2.89. The first-order valence-corrected chi connectivity index (χ1v) is 6.65. The van der Waals surface area contributed by atoms with Crippen molar-refractivity contribution in [3.05, 3.63) is 11.9 Å². The fourth-order valence-electron chi connectivity index (χ4n) is 1.70. The number of hydrogen-bond donors (Lipinski definition) is 2. The van der Waals surface area contributed by atoms with Gasteiger partial charge in [-0.25, -0.2) is 9.97 Å². The number of anilines is 2. The lowest BCUT2D eigenvalue weighted by molar-refractivity contribution is 0.163. The summed E-state index contributed by atoms with van der Waals surface area (Å²) in [5, 5.41) is 6.57. The molecule has 0 aliphatic heterocycles. The molecule has 0 aromatic carbocycles. The molecule has 0 saturated heterocycles. The molecule has 108 valence electrons. The highest BCUT2D eigenvalue weighted by Crippen LogP contribution is 2.17. The zero-order valence-corrected chi connectivity index (χ0v) is 12.4. The van der Waals surface area contributed by atoms with Gasteiger partial charge in [-0.1, -0.05) is 0 Å². The van der Waals surface area contributed by atoms with Gasteiger partial charge < -0.3 is 20.3 Å². The number of hydrogen-bond acceptors (Lipinski definition) is 6. The monoisotopic (exact) mass is 267 g/mol. The predicted molar refractivity (Wildman–Crippen MR) is 78.8 cm³/mol. The maximum atomic E-state index is 5.05. The molecule has 19 heavy (non-hydrogen) atoms. The molecule has 0 atom stereocenters. The van der Waals surface area contributed by atoms with Crippen LogP contribution in [0.4, 0.5) is 11.6 Å². The summed E-state index contributed by atoms with van der Waals surface area (Å²) in [5.74, 6) is 1.79. The Bertz CT molecular complexity index is 372. The van der Waals surface area contributed by atoms with Crippen LogP contribution in [0.25, 0.3) is 0 Å². The van der Waals surface area contributed by atoms with Crippen LogP contribution in [-0.4, -0.2) is 61.8 Å². The number of aromatic nitrogens is 2. The Balaban J connectivity index is 2.42. The van der Waals surface area contributed by atoms with Crippen molar-refractivity contribution in [2.24, 2.45) is 0 Å². The van der Waals surface area contributed by atoms with Gasteiger partial charge in [-0.05, 0) is 20.9 Å². The molecule has 6 heteroatoms. The zero-order chi connectivity index (χ0) is 14.1. The van der Waals surface area contributed by atoms with E-state index in [1.165, 1.54) is 0 Å². The van der Waals surface area contributed by atoms with Gasteiger partial charge >= 0.3 is 0 Å². The summed E-state index contributed by atoms with van der Waals surface area (Å²) in [6.07, 6.45) is 1.59. The summed E-state index contributed by atoms with van der Waals surface area (Å²) in [5.41, 5.74) is 1.06. The van der Waals surface area contributed by atoms with Crippen LogP contribution < -0.4 is 10.6 Å². The highest BCUT2D eigenvalue weighted by Gasteiger charge is 2.05. The molecule has 1 rings (SSSR count). The van der Waals surface area contributed by atoms with Crippen LogP contribution >= 0.6 is 0 Å². The van der Waals surface area contributed by atoms with Crippen molar-refractivity contribution >= 4 is 11.6 Å². The van der Waals surface area contributed by atoms with Gasteiger partial charge in [-0.3, -0.25) is 0 Å². The molecule has 0 bridgehead atoms. The summed E-state index contributed by atoms with van der Waals surface area (Å²) in [7, 11) is 3.80. The van der Waals surface area contributed by atoms with E-state index < -0.39 is 0 Å². The van der Waals surface area contributed by atoms with E-state index in [1.807, 2.05) is 6.92 Å². The molecule has 0 spiro atoms. The minimum atomic E-state index is 0.758. The lowest BCUT2D eigenvalue weighted by Gasteiger charge is -2.17. The van der Waals surface area contributed by atoms with E-state index in [1.54, 1.807) is 13.4 Å². The van der Waals surface area contributed by atoms with Crippen molar-refractivity contribution in [3.63, 3.8) is 0 Å². The lowest BCUT2D eigenvalue weighted by atomic mass is 10.3. The highest BCUT2D eigenvalue weighted by atomic mass is 16.5. The van der Waals surface area contributed by atoms with E-state index in [2.05, 4.69) is 39.5 Å². The SMILES string of the molecule is CCNc1ncnc(NCCN(C)CCOC)c1C. The van der Waals surface area contributed by atoms with Crippen LogP contribution in [0.2, 0.25) is 0 Å². The normalized spacial score (nSPS) is 10.8. The van der Waals surface area contributed by atoms with Crippen molar-refractivity contribution in [2.75, 3.05) is 57.6 Å². The minimum Gasteiger partial charge on any atom is -0.383 e. The number of methoxy groups -OCH3 is 1. The Morgan fingerprint density at radius 1 is 1.21 bits per heavy atom. The Labute approximate surface area is 115 Å². The molecule has 0 unspecified atom stereocenters. The number of likely N-dealkylation sites (N-methyl/N-ethyl adjacent to an activating group) is 1. The number of rotatable bonds is 9. The lowest BCUT2D eigenvalue weighted by Crippen LogP contribution is -2.28. The third-order valence-electron chi connectivity index (χ3n) is 2.89. The molecule has 1 aromatic heterocycles. The average Bonchev–Trinajstić information content (AvgIpc) is 2.41. The first-order valence-electron chi connectivity index (χ1n) is 6.65. The van der Waals surface area contributed by atoms with Gasteiger partial charge in [0.05, 0.1) is 6.61 Å². The summed E-state index contributed by atoms with van der Waals surface area (Å²) < 4.78 is 5.05. The minimum absolute atomic E-state index is 0.758. The summed E-state index contributed by atoms with van der Waals surface area (Å²) in [6.45, 7) is 8.43. The molecular formula is C13H25N5O. The van der Waals surface area contributed by atoms with E-state index in [9.17, 15) is 0 Å². The van der Waals surface area contributed by atoms with Gasteiger partial charge in [0.1, 0.15) is 18.0 Å². The quantitative estimate of drug-likeness (QED) is 0.701. The van der Waals surface area contributed by atoms with Crippen molar-refractivity contribution in [1.29, 1.82) is 0 Å². The molecule has 0 aliphatic carbocycles. The van der Waals surface area contributed by atoms with Crippen LogP contribution in [0.5, 0.6) is 0 Å². The van der Waals surface area contributed by atoms with Crippen LogP contribution in [0, 0.1) is 6.92 Å². The van der Waals surface area contributed by atoms with E-state index in [0.717, 1.165) is 50.0 Å². The number of nitrogens with one attached hydrogen (secondary N) is 2. The maximum Gasteiger partial charge on any atom is 0.134 e. The second-order valence-electron chi connectivity index (χ2n) is 4.45. The van der Waals surface area contributed by atoms with Crippen LogP contribution in [0.3, 0.4) is 0 Å². The predicted octanol–water partition coefficient (Wildman–Crippen LogP) is 1.21. The van der Waals surface area contributed by atoms with Crippen molar-refractivity contribution in [1.82, 2.24) is 14.9 Å². The van der Waals surface area contributed by atoms with E-state index in [4.69, 9.17) is 4.74 Å². The second kappa shape index (κ2) is 8.66. The van der Waals surface area contributed by atoms with Gasteiger partial charge in [-0.15, -0.1) is 0 Å². The van der Waals surface area contributed by atoms with E-state index in [-0.39, 0.29) is 0 Å².